The van der Waals surface area contributed by atoms with Crippen LogP contribution in [-0.4, -0.2) is 5.11 Å². The van der Waals surface area contributed by atoms with Gasteiger partial charge in [0.1, 0.15) is 5.75 Å². The van der Waals surface area contributed by atoms with Crippen molar-refractivity contribution in [3.8, 4) is 5.75 Å². The van der Waals surface area contributed by atoms with Crippen LogP contribution in [0.5, 0.6) is 5.75 Å². The Kier molecular flexibility index (Phi) is 4.92. The van der Waals surface area contributed by atoms with Crippen LogP contribution >= 0.6 is 39.9 Å². The second-order valence-electron chi connectivity index (χ2n) is 4.01. The average Bonchev–Trinajstić information content (AvgIpc) is 2.09. The van der Waals surface area contributed by atoms with Crippen LogP contribution in [-0.2, 0) is 0 Å². The van der Waals surface area contributed by atoms with E-state index in [1.807, 2.05) is 6.07 Å². The van der Waals surface area contributed by atoms with E-state index in [-0.39, 0.29) is 24.2 Å². The molecule has 2 rings (SSSR count). The Labute approximate surface area is 115 Å². The number of halogens is 3. The third-order valence-electron chi connectivity index (χ3n) is 3.11. The van der Waals surface area contributed by atoms with Crippen LogP contribution in [0.2, 0.25) is 5.02 Å². The lowest BCUT2D eigenvalue weighted by molar-refractivity contribution is 0.260. The molecule has 0 radical (unpaired) electrons. The summed E-state index contributed by atoms with van der Waals surface area (Å²) in [5.41, 5.74) is 6.86. The number of hydrogen-bond donors (Lipinski definition) is 2. The summed E-state index contributed by atoms with van der Waals surface area (Å²) in [6.07, 6.45) is 3.51. The Morgan fingerprint density at radius 2 is 2.06 bits per heavy atom. The maximum Gasteiger partial charge on any atom is 0.140 e. The molecule has 1 aliphatic carbocycles. The zero-order valence-corrected chi connectivity index (χ0v) is 11.8. The van der Waals surface area contributed by atoms with Crippen LogP contribution in [0.25, 0.3) is 0 Å². The summed E-state index contributed by atoms with van der Waals surface area (Å²) in [5.74, 6) is 0.594. The highest BCUT2D eigenvalue weighted by Crippen LogP contribution is 2.43. The van der Waals surface area contributed by atoms with Gasteiger partial charge in [0.25, 0.3) is 0 Å². The second kappa shape index (κ2) is 5.58. The van der Waals surface area contributed by atoms with E-state index in [0.717, 1.165) is 22.9 Å². The minimum Gasteiger partial charge on any atom is -0.506 e. The SMILES string of the molecule is Cl.N[C@H](c1c(Br)ccc(Cl)c1O)C1CCC1. The molecular formula is C11H14BrCl2NO. The van der Waals surface area contributed by atoms with Gasteiger partial charge in [-0.1, -0.05) is 34.0 Å². The first-order valence-electron chi connectivity index (χ1n) is 5.03. The van der Waals surface area contributed by atoms with Crippen molar-refractivity contribution in [1.29, 1.82) is 0 Å². The standard InChI is InChI=1S/C11H13BrClNO.ClH/c12-7-4-5-8(13)11(15)9(7)10(14)6-2-1-3-6;/h4-6,10,15H,1-3,14H2;1H/t10-;/m0./s1. The monoisotopic (exact) mass is 325 g/mol. The number of hydrogen-bond acceptors (Lipinski definition) is 2. The number of benzene rings is 1. The van der Waals surface area contributed by atoms with Gasteiger partial charge in [0.2, 0.25) is 0 Å². The minimum absolute atomic E-state index is 0. The first-order chi connectivity index (χ1) is 7.11. The van der Waals surface area contributed by atoms with Crippen molar-refractivity contribution in [1.82, 2.24) is 0 Å². The summed E-state index contributed by atoms with van der Waals surface area (Å²) in [5, 5.41) is 10.2. The van der Waals surface area contributed by atoms with Crippen LogP contribution in [0.15, 0.2) is 16.6 Å². The molecule has 90 valence electrons. The molecule has 5 heteroatoms. The summed E-state index contributed by atoms with van der Waals surface area (Å²) in [6.45, 7) is 0. The van der Waals surface area contributed by atoms with Gasteiger partial charge in [0, 0.05) is 16.1 Å². The predicted molar refractivity (Wildman–Crippen MR) is 72.3 cm³/mol. The molecule has 3 N–H and O–H groups in total. The second-order valence-corrected chi connectivity index (χ2v) is 5.27. The Morgan fingerprint density at radius 1 is 1.44 bits per heavy atom. The molecule has 0 saturated heterocycles. The molecule has 0 aliphatic heterocycles. The van der Waals surface area contributed by atoms with Gasteiger partial charge in [0.15, 0.2) is 0 Å². The number of aromatic hydroxyl groups is 1. The molecule has 0 heterocycles. The molecule has 1 aliphatic rings. The summed E-state index contributed by atoms with van der Waals surface area (Å²) < 4.78 is 0.837. The first-order valence-corrected chi connectivity index (χ1v) is 6.21. The maximum atomic E-state index is 9.88. The Balaban J connectivity index is 0.00000128. The Hall–Kier alpha value is 0.0400. The van der Waals surface area contributed by atoms with Gasteiger partial charge in [-0.15, -0.1) is 12.4 Å². The largest absolute Gasteiger partial charge is 0.506 e. The van der Waals surface area contributed by atoms with Gasteiger partial charge < -0.3 is 10.8 Å². The van der Waals surface area contributed by atoms with E-state index in [1.54, 1.807) is 6.07 Å². The van der Waals surface area contributed by atoms with E-state index in [1.165, 1.54) is 6.42 Å². The van der Waals surface area contributed by atoms with Crippen LogP contribution in [0.4, 0.5) is 0 Å². The lowest BCUT2D eigenvalue weighted by Crippen LogP contribution is -2.27. The first kappa shape index (κ1) is 14.1. The van der Waals surface area contributed by atoms with Crippen molar-refractivity contribution in [2.24, 2.45) is 11.7 Å². The van der Waals surface area contributed by atoms with E-state index in [9.17, 15) is 5.11 Å². The zero-order chi connectivity index (χ0) is 11.0. The van der Waals surface area contributed by atoms with E-state index < -0.39 is 0 Å². The maximum absolute atomic E-state index is 9.88. The van der Waals surface area contributed by atoms with Crippen LogP contribution < -0.4 is 5.73 Å². The third-order valence-corrected chi connectivity index (χ3v) is 4.10. The fourth-order valence-electron chi connectivity index (χ4n) is 1.91. The van der Waals surface area contributed by atoms with Crippen molar-refractivity contribution >= 4 is 39.9 Å². The van der Waals surface area contributed by atoms with Gasteiger partial charge in [0.05, 0.1) is 5.02 Å². The lowest BCUT2D eigenvalue weighted by atomic mass is 9.77. The van der Waals surface area contributed by atoms with E-state index in [4.69, 9.17) is 17.3 Å². The molecule has 1 aromatic rings. The van der Waals surface area contributed by atoms with Crippen LogP contribution in [0.1, 0.15) is 30.9 Å². The fraction of sp³-hybridized carbons (Fsp3) is 0.455. The number of phenols is 1. The fourth-order valence-corrected chi connectivity index (χ4v) is 2.66. The molecule has 1 fully saturated rings. The van der Waals surface area contributed by atoms with Gasteiger partial charge in [-0.05, 0) is 30.9 Å². The molecule has 0 unspecified atom stereocenters. The highest BCUT2D eigenvalue weighted by molar-refractivity contribution is 9.10. The van der Waals surface area contributed by atoms with Crippen molar-refractivity contribution in [2.45, 2.75) is 25.3 Å². The Morgan fingerprint density at radius 3 is 2.56 bits per heavy atom. The van der Waals surface area contributed by atoms with E-state index in [0.29, 0.717) is 10.9 Å². The summed E-state index contributed by atoms with van der Waals surface area (Å²) >= 11 is 9.27. The molecule has 1 saturated carbocycles. The van der Waals surface area contributed by atoms with Crippen LogP contribution in [0, 0.1) is 5.92 Å². The van der Waals surface area contributed by atoms with E-state index in [2.05, 4.69) is 15.9 Å². The minimum atomic E-state index is -0.119. The quantitative estimate of drug-likeness (QED) is 0.861. The molecule has 0 bridgehead atoms. The van der Waals surface area contributed by atoms with Crippen molar-refractivity contribution in [3.63, 3.8) is 0 Å². The molecular weight excluding hydrogens is 313 g/mol. The van der Waals surface area contributed by atoms with E-state index >= 15 is 0 Å². The highest BCUT2D eigenvalue weighted by atomic mass is 79.9. The number of phenolic OH excluding ortho intramolecular Hbond substituents is 1. The molecule has 1 atom stereocenters. The van der Waals surface area contributed by atoms with Crippen molar-refractivity contribution < 1.29 is 5.11 Å². The topological polar surface area (TPSA) is 46.2 Å². The number of rotatable bonds is 2. The molecule has 2 nitrogen and oxygen atoms in total. The van der Waals surface area contributed by atoms with Crippen molar-refractivity contribution in [3.05, 3.63) is 27.2 Å². The van der Waals surface area contributed by atoms with Crippen LogP contribution in [0.3, 0.4) is 0 Å². The molecule has 16 heavy (non-hydrogen) atoms. The summed E-state index contributed by atoms with van der Waals surface area (Å²) in [6, 6.07) is 3.38. The molecule has 1 aromatic carbocycles. The third kappa shape index (κ3) is 2.48. The van der Waals surface area contributed by atoms with Gasteiger partial charge >= 0.3 is 0 Å². The molecule has 0 spiro atoms. The molecule has 0 amide bonds. The number of nitrogens with two attached hydrogens (primary N) is 1. The van der Waals surface area contributed by atoms with Gasteiger partial charge in [-0.2, -0.15) is 0 Å². The zero-order valence-electron chi connectivity index (χ0n) is 8.62. The summed E-state index contributed by atoms with van der Waals surface area (Å²) in [4.78, 5) is 0. The summed E-state index contributed by atoms with van der Waals surface area (Å²) in [7, 11) is 0. The normalized spacial score (nSPS) is 17.4. The highest BCUT2D eigenvalue weighted by Gasteiger charge is 2.29. The van der Waals surface area contributed by atoms with Gasteiger partial charge in [-0.25, -0.2) is 0 Å². The predicted octanol–water partition coefficient (Wildman–Crippen LogP) is 4.03. The Bertz CT molecular complexity index is 382. The van der Waals surface area contributed by atoms with Crippen molar-refractivity contribution in [2.75, 3.05) is 0 Å². The molecule has 0 aromatic heterocycles. The van der Waals surface area contributed by atoms with Gasteiger partial charge in [-0.3, -0.25) is 0 Å². The lowest BCUT2D eigenvalue weighted by Gasteiger charge is -2.32. The smallest absolute Gasteiger partial charge is 0.140 e. The average molecular weight is 327 g/mol.